The van der Waals surface area contributed by atoms with Crippen LogP contribution in [0.15, 0.2) is 29.4 Å². The summed E-state index contributed by atoms with van der Waals surface area (Å²) in [6, 6.07) is 5.09. The topological polar surface area (TPSA) is 173 Å². The van der Waals surface area contributed by atoms with Gasteiger partial charge in [-0.05, 0) is 39.0 Å². The Hall–Kier alpha value is -3.45. The van der Waals surface area contributed by atoms with Gasteiger partial charge in [-0.25, -0.2) is 27.9 Å². The third-order valence-electron chi connectivity index (χ3n) is 6.74. The Morgan fingerprint density at radius 2 is 1.97 bits per heavy atom. The lowest BCUT2D eigenvalue weighted by atomic mass is 9.88. The molecule has 0 aromatic carbocycles. The minimum Gasteiger partial charge on any atom is -0.465 e. The normalized spacial score (nSPS) is 26.9. The SMILES string of the molecule is CC1(C)C(NC(=O)O)=N[C@](C)(c2nc(NC(=O)c3ncc(C#N)cc3Cl)ccc2F)[C@H]2CC(F)(F)CN[S@@]21O. The van der Waals surface area contributed by atoms with Crippen LogP contribution in [0.5, 0.6) is 0 Å². The van der Waals surface area contributed by atoms with Crippen LogP contribution >= 0.6 is 22.1 Å². The lowest BCUT2D eigenvalue weighted by molar-refractivity contribution is -0.0148. The number of carboxylic acid groups (broad SMARTS) is 1. The first-order chi connectivity index (χ1) is 18.0. The number of aliphatic imine (C=N–C) groups is 1. The van der Waals surface area contributed by atoms with E-state index in [-0.39, 0.29) is 27.9 Å². The van der Waals surface area contributed by atoms with Gasteiger partial charge in [0.25, 0.3) is 11.8 Å². The van der Waals surface area contributed by atoms with Gasteiger partial charge >= 0.3 is 6.09 Å². The van der Waals surface area contributed by atoms with Crippen molar-refractivity contribution in [3.8, 4) is 6.07 Å². The van der Waals surface area contributed by atoms with Crippen LogP contribution in [0, 0.1) is 17.1 Å². The van der Waals surface area contributed by atoms with E-state index >= 15 is 4.39 Å². The second-order valence-electron chi connectivity index (χ2n) is 9.69. The molecule has 0 radical (unpaired) electrons. The molecule has 4 heterocycles. The Labute approximate surface area is 227 Å². The van der Waals surface area contributed by atoms with Crippen LogP contribution in [0.25, 0.3) is 0 Å². The first-order valence-corrected chi connectivity index (χ1v) is 13.4. The highest BCUT2D eigenvalue weighted by atomic mass is 35.5. The van der Waals surface area contributed by atoms with Gasteiger partial charge in [0.2, 0.25) is 0 Å². The van der Waals surface area contributed by atoms with Crippen molar-refractivity contribution >= 4 is 45.7 Å². The van der Waals surface area contributed by atoms with Crippen molar-refractivity contribution in [3.05, 3.63) is 52.2 Å². The molecule has 5 N–H and O–H groups in total. The number of nitrogens with one attached hydrogen (secondary N) is 3. The van der Waals surface area contributed by atoms with Crippen LogP contribution in [0.3, 0.4) is 0 Å². The summed E-state index contributed by atoms with van der Waals surface area (Å²) in [7, 11) is -3.32. The number of aromatic nitrogens is 2. The highest BCUT2D eigenvalue weighted by Crippen LogP contribution is 2.68. The molecule has 0 unspecified atom stereocenters. The molecular formula is C23H23ClF3N7O4S. The number of halogens is 4. The average Bonchev–Trinajstić information content (AvgIpc) is 2.84. The Morgan fingerprint density at radius 1 is 1.28 bits per heavy atom. The summed E-state index contributed by atoms with van der Waals surface area (Å²) in [5.74, 6) is -5.63. The molecule has 0 aliphatic carbocycles. The number of nitrogens with zero attached hydrogens (tertiary/aromatic N) is 4. The number of amides is 2. The number of amidine groups is 1. The van der Waals surface area contributed by atoms with Gasteiger partial charge in [0.15, 0.2) is 0 Å². The number of nitriles is 1. The first kappa shape index (κ1) is 28.6. The van der Waals surface area contributed by atoms with Crippen molar-refractivity contribution in [2.24, 2.45) is 4.99 Å². The van der Waals surface area contributed by atoms with E-state index < -0.39 is 68.4 Å². The van der Waals surface area contributed by atoms with Crippen LogP contribution in [0.4, 0.5) is 23.8 Å². The quantitative estimate of drug-likeness (QED) is 0.355. The standard InChI is InChI=1S/C23H23ClF3N7O4S/c1-21(2)19(33-20(36)37)34-22(3,14-7-23(26,27)10-30-39(14,21)38)17-13(25)4-5-15(31-17)32-18(35)16-12(24)6-11(8-28)9-29-16/h4-6,9,14,30,38H,7,10H2,1-3H3,(H,33,34)(H,36,37)(H,31,32,35)/t14-,22+/m1/s1. The van der Waals surface area contributed by atoms with Crippen molar-refractivity contribution < 1.29 is 32.4 Å². The average molecular weight is 586 g/mol. The van der Waals surface area contributed by atoms with E-state index in [2.05, 4.69) is 30.3 Å². The molecule has 208 valence electrons. The molecule has 4 rings (SSSR count). The van der Waals surface area contributed by atoms with Crippen LogP contribution < -0.4 is 15.4 Å². The zero-order valence-electron chi connectivity index (χ0n) is 20.7. The molecule has 2 aromatic rings. The van der Waals surface area contributed by atoms with E-state index in [1.807, 2.05) is 6.07 Å². The number of anilines is 1. The summed E-state index contributed by atoms with van der Waals surface area (Å²) in [5, 5.41) is 21.3. The largest absolute Gasteiger partial charge is 0.465 e. The lowest BCUT2D eigenvalue weighted by Crippen LogP contribution is -2.66. The molecule has 0 bridgehead atoms. The molecular weight excluding hydrogens is 563 g/mol. The second-order valence-corrected chi connectivity index (χ2v) is 13.2. The minimum atomic E-state index is -3.32. The van der Waals surface area contributed by atoms with Gasteiger partial charge in [0.1, 0.15) is 40.5 Å². The summed E-state index contributed by atoms with van der Waals surface area (Å²) in [4.78, 5) is 36.7. The summed E-state index contributed by atoms with van der Waals surface area (Å²) in [6.45, 7) is 3.30. The maximum atomic E-state index is 15.3. The van der Waals surface area contributed by atoms with E-state index in [0.29, 0.717) is 0 Å². The molecule has 0 spiro atoms. The van der Waals surface area contributed by atoms with Gasteiger partial charge in [-0.2, -0.15) is 5.26 Å². The fourth-order valence-corrected chi connectivity index (χ4v) is 8.29. The molecule has 1 fully saturated rings. The Kier molecular flexibility index (Phi) is 7.05. The van der Waals surface area contributed by atoms with Gasteiger partial charge in [-0.15, -0.1) is 0 Å². The highest BCUT2D eigenvalue weighted by molar-refractivity contribution is 8.29. The second kappa shape index (κ2) is 9.63. The molecule has 2 amide bonds. The number of hydrogen-bond acceptors (Lipinski definition) is 8. The lowest BCUT2D eigenvalue weighted by Gasteiger charge is -2.62. The fraction of sp³-hybridized carbons (Fsp3) is 0.391. The number of pyridine rings is 2. The molecule has 16 heteroatoms. The van der Waals surface area contributed by atoms with E-state index in [9.17, 15) is 28.0 Å². The van der Waals surface area contributed by atoms with Crippen LogP contribution in [0.2, 0.25) is 5.02 Å². The molecule has 1 saturated heterocycles. The number of carbonyl (C=O) groups is 2. The summed E-state index contributed by atoms with van der Waals surface area (Å²) in [5.41, 5.74) is -2.64. The maximum Gasteiger partial charge on any atom is 0.410 e. The highest BCUT2D eigenvalue weighted by Gasteiger charge is 2.64. The van der Waals surface area contributed by atoms with Gasteiger partial charge in [0.05, 0.1) is 27.1 Å². The zero-order valence-corrected chi connectivity index (χ0v) is 22.3. The molecule has 2 aliphatic heterocycles. The van der Waals surface area contributed by atoms with Crippen molar-refractivity contribution in [3.63, 3.8) is 0 Å². The van der Waals surface area contributed by atoms with E-state index in [1.54, 1.807) is 0 Å². The number of carbonyl (C=O) groups excluding carboxylic acids is 1. The van der Waals surface area contributed by atoms with E-state index in [4.69, 9.17) is 16.9 Å². The molecule has 2 aromatic heterocycles. The number of alkyl halides is 2. The third kappa shape index (κ3) is 4.89. The van der Waals surface area contributed by atoms with E-state index in [1.165, 1.54) is 26.8 Å². The number of rotatable bonds is 3. The van der Waals surface area contributed by atoms with Gasteiger partial charge < -0.3 is 15.0 Å². The van der Waals surface area contributed by atoms with Crippen LogP contribution in [-0.2, 0) is 5.54 Å². The van der Waals surface area contributed by atoms with Crippen molar-refractivity contribution in [2.75, 3.05) is 11.9 Å². The van der Waals surface area contributed by atoms with Crippen LogP contribution in [0.1, 0.15) is 48.9 Å². The van der Waals surface area contributed by atoms with Gasteiger partial charge in [0, 0.05) is 12.6 Å². The van der Waals surface area contributed by atoms with Gasteiger partial charge in [-0.1, -0.05) is 22.1 Å². The molecule has 3 atom stereocenters. The Balaban J connectivity index is 1.83. The molecule has 0 saturated carbocycles. The fourth-order valence-electron chi connectivity index (χ4n) is 4.63. The summed E-state index contributed by atoms with van der Waals surface area (Å²) in [6.07, 6.45) is -1.29. The summed E-state index contributed by atoms with van der Waals surface area (Å²) < 4.78 is 57.6. The van der Waals surface area contributed by atoms with Crippen molar-refractivity contribution in [1.29, 1.82) is 5.26 Å². The summed E-state index contributed by atoms with van der Waals surface area (Å²) >= 11 is 6.04. The number of fused-ring (bicyclic) bond motifs is 1. The smallest absolute Gasteiger partial charge is 0.410 e. The third-order valence-corrected chi connectivity index (χ3v) is 10.8. The predicted molar refractivity (Wildman–Crippen MR) is 138 cm³/mol. The minimum absolute atomic E-state index is 0.114. The maximum absolute atomic E-state index is 15.3. The predicted octanol–water partition coefficient (Wildman–Crippen LogP) is 4.26. The molecule has 39 heavy (non-hydrogen) atoms. The van der Waals surface area contributed by atoms with E-state index in [0.717, 1.165) is 18.3 Å². The first-order valence-electron chi connectivity index (χ1n) is 11.3. The van der Waals surface area contributed by atoms with Crippen molar-refractivity contribution in [1.82, 2.24) is 20.0 Å². The van der Waals surface area contributed by atoms with Crippen molar-refractivity contribution in [2.45, 2.75) is 48.7 Å². The molecule has 2 aliphatic rings. The Morgan fingerprint density at radius 3 is 2.59 bits per heavy atom. The van der Waals surface area contributed by atoms with Crippen LogP contribution in [-0.4, -0.2) is 59.9 Å². The van der Waals surface area contributed by atoms with Gasteiger partial charge in [-0.3, -0.25) is 19.8 Å². The number of hydrogen-bond donors (Lipinski definition) is 5. The zero-order chi connectivity index (χ0) is 29.0. The monoisotopic (exact) mass is 585 g/mol. The molecule has 11 nitrogen and oxygen atoms in total. The Bertz CT molecular complexity index is 1450.